The van der Waals surface area contributed by atoms with Gasteiger partial charge in [-0.1, -0.05) is 30.3 Å². The second-order valence-corrected chi connectivity index (χ2v) is 6.12. The van der Waals surface area contributed by atoms with Gasteiger partial charge in [-0.2, -0.15) is 0 Å². The van der Waals surface area contributed by atoms with E-state index in [2.05, 4.69) is 10.3 Å². The number of aromatic nitrogens is 1. The molecule has 0 saturated heterocycles. The van der Waals surface area contributed by atoms with Gasteiger partial charge in [0, 0.05) is 23.2 Å². The molecule has 2 aromatic carbocycles. The van der Waals surface area contributed by atoms with Crippen molar-refractivity contribution in [3.63, 3.8) is 0 Å². The van der Waals surface area contributed by atoms with Crippen LogP contribution in [0.4, 0.5) is 15.6 Å². The molecule has 1 heterocycles. The van der Waals surface area contributed by atoms with Gasteiger partial charge >= 0.3 is 6.03 Å². The third kappa shape index (κ3) is 3.97. The summed E-state index contributed by atoms with van der Waals surface area (Å²) in [6.07, 6.45) is 0. The molecule has 0 bridgehead atoms. The van der Waals surface area contributed by atoms with Gasteiger partial charge in [-0.05, 0) is 31.2 Å². The highest BCUT2D eigenvalue weighted by atomic mass is 32.1. The maximum absolute atomic E-state index is 12.6. The largest absolute Gasteiger partial charge is 0.497 e. The van der Waals surface area contributed by atoms with Crippen LogP contribution in [0.1, 0.15) is 6.92 Å². The van der Waals surface area contributed by atoms with Crippen LogP contribution in [0.15, 0.2) is 60.0 Å². The van der Waals surface area contributed by atoms with Gasteiger partial charge in [-0.3, -0.25) is 4.90 Å². The van der Waals surface area contributed by atoms with Crippen molar-refractivity contribution in [1.82, 2.24) is 4.98 Å². The highest BCUT2D eigenvalue weighted by molar-refractivity contribution is 7.14. The summed E-state index contributed by atoms with van der Waals surface area (Å²) in [7, 11) is 1.61. The Morgan fingerprint density at radius 2 is 1.88 bits per heavy atom. The number of carbonyl (C=O) groups is 1. The molecule has 3 aromatic rings. The Hall–Kier alpha value is -2.86. The van der Waals surface area contributed by atoms with Crippen molar-refractivity contribution in [3.05, 3.63) is 60.0 Å². The first-order valence-electron chi connectivity index (χ1n) is 7.94. The van der Waals surface area contributed by atoms with Gasteiger partial charge < -0.3 is 10.1 Å². The normalized spacial score (nSPS) is 10.3. The summed E-state index contributed by atoms with van der Waals surface area (Å²) in [6, 6.07) is 17.0. The van der Waals surface area contributed by atoms with Gasteiger partial charge in [-0.25, -0.2) is 9.78 Å². The van der Waals surface area contributed by atoms with Gasteiger partial charge in [0.2, 0.25) is 0 Å². The van der Waals surface area contributed by atoms with Crippen molar-refractivity contribution < 1.29 is 9.53 Å². The molecule has 5 nitrogen and oxygen atoms in total. The summed E-state index contributed by atoms with van der Waals surface area (Å²) >= 11 is 1.46. The molecule has 0 spiro atoms. The molecule has 25 heavy (non-hydrogen) atoms. The smallest absolute Gasteiger partial charge is 0.328 e. The number of methoxy groups -OCH3 is 1. The number of hydrogen-bond acceptors (Lipinski definition) is 4. The molecule has 0 aliphatic heterocycles. The first-order valence-corrected chi connectivity index (χ1v) is 8.82. The zero-order valence-electron chi connectivity index (χ0n) is 14.1. The summed E-state index contributed by atoms with van der Waals surface area (Å²) < 4.78 is 5.13. The van der Waals surface area contributed by atoms with Crippen LogP contribution in [-0.4, -0.2) is 24.7 Å². The zero-order chi connectivity index (χ0) is 17.6. The van der Waals surface area contributed by atoms with E-state index >= 15 is 0 Å². The molecule has 0 saturated carbocycles. The average molecular weight is 353 g/mol. The van der Waals surface area contributed by atoms with Gasteiger partial charge in [0.25, 0.3) is 0 Å². The molecule has 0 aliphatic rings. The van der Waals surface area contributed by atoms with Gasteiger partial charge in [0.1, 0.15) is 5.75 Å². The number of ether oxygens (including phenoxy) is 1. The van der Waals surface area contributed by atoms with Crippen LogP contribution in [0.25, 0.3) is 11.3 Å². The first-order chi connectivity index (χ1) is 12.2. The Bertz CT molecular complexity index is 831. The molecule has 128 valence electrons. The van der Waals surface area contributed by atoms with Crippen molar-refractivity contribution >= 4 is 28.2 Å². The highest BCUT2D eigenvalue weighted by Gasteiger charge is 2.18. The van der Waals surface area contributed by atoms with E-state index in [0.717, 1.165) is 17.0 Å². The molecule has 1 aromatic heterocycles. The minimum atomic E-state index is -0.207. The fourth-order valence-electron chi connectivity index (χ4n) is 2.36. The van der Waals surface area contributed by atoms with E-state index in [1.165, 1.54) is 11.3 Å². The van der Waals surface area contributed by atoms with Crippen molar-refractivity contribution in [2.24, 2.45) is 0 Å². The van der Waals surface area contributed by atoms with E-state index in [0.29, 0.717) is 17.4 Å². The van der Waals surface area contributed by atoms with E-state index in [9.17, 15) is 4.79 Å². The lowest BCUT2D eigenvalue weighted by atomic mass is 10.2. The fraction of sp³-hybridized carbons (Fsp3) is 0.158. The summed E-state index contributed by atoms with van der Waals surface area (Å²) in [6.45, 7) is 2.46. The quantitative estimate of drug-likeness (QED) is 0.711. The second kappa shape index (κ2) is 7.81. The topological polar surface area (TPSA) is 54.5 Å². The third-order valence-electron chi connectivity index (χ3n) is 3.70. The molecular weight excluding hydrogens is 334 g/mol. The van der Waals surface area contributed by atoms with Crippen molar-refractivity contribution in [2.45, 2.75) is 6.92 Å². The maximum atomic E-state index is 12.6. The fourth-order valence-corrected chi connectivity index (χ4v) is 3.26. The highest BCUT2D eigenvalue weighted by Crippen LogP contribution is 2.27. The standard InChI is InChI=1S/C19H19N3O2S/c1-3-22(18(23)20-15-9-11-16(24-2)12-10-15)19-21-17(13-25-19)14-7-5-4-6-8-14/h4-13H,3H2,1-2H3,(H,20,23). The minimum absolute atomic E-state index is 0.207. The Kier molecular flexibility index (Phi) is 5.30. The van der Waals surface area contributed by atoms with Crippen molar-refractivity contribution in [3.8, 4) is 17.0 Å². The maximum Gasteiger partial charge on any atom is 0.328 e. The number of nitrogens with zero attached hydrogens (tertiary/aromatic N) is 2. The van der Waals surface area contributed by atoms with Crippen LogP contribution in [0.2, 0.25) is 0 Å². The van der Waals surface area contributed by atoms with Crippen LogP contribution in [0, 0.1) is 0 Å². The van der Waals surface area contributed by atoms with Gasteiger partial charge in [-0.15, -0.1) is 11.3 Å². The van der Waals surface area contributed by atoms with Crippen LogP contribution in [0.5, 0.6) is 5.75 Å². The molecule has 3 rings (SSSR count). The third-order valence-corrected chi connectivity index (χ3v) is 4.56. The second-order valence-electron chi connectivity index (χ2n) is 5.28. The lowest BCUT2D eigenvalue weighted by Gasteiger charge is -2.18. The zero-order valence-corrected chi connectivity index (χ0v) is 14.9. The van der Waals surface area contributed by atoms with E-state index in [-0.39, 0.29) is 6.03 Å². The molecule has 1 N–H and O–H groups in total. The number of rotatable bonds is 5. The lowest BCUT2D eigenvalue weighted by molar-refractivity contribution is 0.257. The number of nitrogens with one attached hydrogen (secondary N) is 1. The summed E-state index contributed by atoms with van der Waals surface area (Å²) in [4.78, 5) is 18.8. The molecule has 0 aliphatic carbocycles. The summed E-state index contributed by atoms with van der Waals surface area (Å²) in [5.41, 5.74) is 2.62. The molecule has 0 radical (unpaired) electrons. The summed E-state index contributed by atoms with van der Waals surface area (Å²) in [5, 5.41) is 5.53. The molecule has 0 unspecified atom stereocenters. The van der Waals surface area contributed by atoms with Crippen LogP contribution < -0.4 is 15.0 Å². The molecule has 6 heteroatoms. The molecular formula is C19H19N3O2S. The Labute approximate surface area is 150 Å². The van der Waals surface area contributed by atoms with Crippen LogP contribution in [-0.2, 0) is 0 Å². The van der Waals surface area contributed by atoms with E-state index in [4.69, 9.17) is 4.74 Å². The van der Waals surface area contributed by atoms with Crippen LogP contribution >= 0.6 is 11.3 Å². The SMILES string of the molecule is CCN(C(=O)Nc1ccc(OC)cc1)c1nc(-c2ccccc2)cs1. The van der Waals surface area contributed by atoms with Gasteiger partial charge in [0.15, 0.2) is 5.13 Å². The molecule has 0 fully saturated rings. The number of hydrogen-bond donors (Lipinski definition) is 1. The minimum Gasteiger partial charge on any atom is -0.497 e. The van der Waals surface area contributed by atoms with Gasteiger partial charge in [0.05, 0.1) is 12.8 Å². The van der Waals surface area contributed by atoms with Crippen molar-refractivity contribution in [1.29, 1.82) is 0 Å². The first kappa shape index (κ1) is 17.0. The number of carbonyl (C=O) groups excluding carboxylic acids is 1. The monoisotopic (exact) mass is 353 g/mol. The van der Waals surface area contributed by atoms with E-state index < -0.39 is 0 Å². The molecule has 2 amide bonds. The molecule has 0 atom stereocenters. The Morgan fingerprint density at radius 3 is 2.52 bits per heavy atom. The number of urea groups is 1. The Balaban J connectivity index is 1.75. The number of amides is 2. The van der Waals surface area contributed by atoms with E-state index in [1.54, 1.807) is 12.0 Å². The summed E-state index contributed by atoms with van der Waals surface area (Å²) in [5.74, 6) is 0.748. The number of anilines is 2. The lowest BCUT2D eigenvalue weighted by Crippen LogP contribution is -2.34. The Morgan fingerprint density at radius 1 is 1.16 bits per heavy atom. The van der Waals surface area contributed by atoms with Crippen molar-refractivity contribution in [2.75, 3.05) is 23.9 Å². The number of thiazole rings is 1. The van der Waals surface area contributed by atoms with E-state index in [1.807, 2.05) is 66.9 Å². The predicted octanol–water partition coefficient (Wildman–Crippen LogP) is 4.88. The number of benzene rings is 2. The predicted molar refractivity (Wildman–Crippen MR) is 103 cm³/mol. The van der Waals surface area contributed by atoms with Crippen LogP contribution in [0.3, 0.4) is 0 Å². The average Bonchev–Trinajstić information content (AvgIpc) is 3.13.